The Kier molecular flexibility index (Phi) is 5.69. The summed E-state index contributed by atoms with van der Waals surface area (Å²) in [5.41, 5.74) is 0.0409. The molecule has 1 unspecified atom stereocenters. The number of carbonyl (C=O) groups excluding carboxylic acids is 1. The van der Waals surface area contributed by atoms with Gasteiger partial charge in [-0.1, -0.05) is 6.08 Å². The molecule has 1 heterocycles. The van der Waals surface area contributed by atoms with E-state index < -0.39 is 40.2 Å². The zero-order valence-corrected chi connectivity index (χ0v) is 16.5. The van der Waals surface area contributed by atoms with E-state index in [-0.39, 0.29) is 30.2 Å². The number of ether oxygens (including phenoxy) is 1. The second kappa shape index (κ2) is 7.73. The van der Waals surface area contributed by atoms with Crippen molar-refractivity contribution in [1.82, 2.24) is 15.3 Å². The summed E-state index contributed by atoms with van der Waals surface area (Å²) in [6.07, 6.45) is 4.41. The molecule has 154 valence electrons. The number of sulfone groups is 1. The Bertz CT molecular complexity index is 885. The zero-order valence-electron chi connectivity index (χ0n) is 15.7. The fourth-order valence-corrected chi connectivity index (χ4v) is 3.45. The summed E-state index contributed by atoms with van der Waals surface area (Å²) in [6.45, 7) is 1.61. The first-order valence-corrected chi connectivity index (χ1v) is 11.1. The molecule has 0 bridgehead atoms. The van der Waals surface area contributed by atoms with Crippen molar-refractivity contribution >= 4 is 15.7 Å². The van der Waals surface area contributed by atoms with Gasteiger partial charge in [0.1, 0.15) is 17.5 Å². The van der Waals surface area contributed by atoms with E-state index in [1.807, 2.05) is 0 Å². The van der Waals surface area contributed by atoms with Crippen LogP contribution in [0.5, 0.6) is 5.88 Å². The molecule has 0 radical (unpaired) electrons. The van der Waals surface area contributed by atoms with Crippen molar-refractivity contribution in [2.75, 3.05) is 6.26 Å². The van der Waals surface area contributed by atoms with Gasteiger partial charge in [0.25, 0.3) is 11.8 Å². The average molecular weight is 415 g/mol. The third kappa shape index (κ3) is 5.70. The minimum atomic E-state index is -3.32. The maximum atomic E-state index is 13.5. The van der Waals surface area contributed by atoms with Gasteiger partial charge in [0, 0.05) is 42.7 Å². The Labute approximate surface area is 162 Å². The molecule has 3 rings (SSSR count). The Morgan fingerprint density at radius 2 is 2.11 bits per heavy atom. The van der Waals surface area contributed by atoms with Crippen molar-refractivity contribution in [3.63, 3.8) is 0 Å². The van der Waals surface area contributed by atoms with E-state index in [4.69, 9.17) is 4.74 Å². The van der Waals surface area contributed by atoms with Gasteiger partial charge in [-0.05, 0) is 26.2 Å². The number of nitrogens with zero attached hydrogens (tertiary/aromatic N) is 2. The van der Waals surface area contributed by atoms with E-state index in [0.717, 1.165) is 24.5 Å². The summed E-state index contributed by atoms with van der Waals surface area (Å²) >= 11 is 0. The van der Waals surface area contributed by atoms with E-state index in [9.17, 15) is 22.0 Å². The fraction of sp³-hybridized carbons (Fsp3) is 0.611. The normalized spacial score (nSPS) is 22.9. The number of nitrogens with one attached hydrogen (secondary N) is 1. The van der Waals surface area contributed by atoms with Gasteiger partial charge in [-0.3, -0.25) is 4.79 Å². The molecule has 1 amide bonds. The van der Waals surface area contributed by atoms with Gasteiger partial charge >= 0.3 is 0 Å². The Hall–Kier alpha value is -2.10. The molecular formula is C18H23F2N3O4S. The zero-order chi connectivity index (χ0) is 20.5. The molecule has 7 nitrogen and oxygen atoms in total. The number of hydrogen-bond acceptors (Lipinski definition) is 6. The van der Waals surface area contributed by atoms with Crippen LogP contribution in [0.1, 0.15) is 61.1 Å². The lowest BCUT2D eigenvalue weighted by atomic mass is 10.2. The van der Waals surface area contributed by atoms with Gasteiger partial charge in [-0.15, -0.1) is 0 Å². The lowest BCUT2D eigenvalue weighted by Crippen LogP contribution is -2.32. The number of carbonyl (C=O) groups is 1. The second-order valence-corrected chi connectivity index (χ2v) is 9.41. The Balaban J connectivity index is 1.77. The smallest absolute Gasteiger partial charge is 0.258 e. The predicted octanol–water partition coefficient (Wildman–Crippen LogP) is 2.60. The number of hydrogen-bond donors (Lipinski definition) is 1. The Morgan fingerprint density at radius 1 is 1.39 bits per heavy atom. The number of rotatable bonds is 7. The molecule has 2 fully saturated rings. The van der Waals surface area contributed by atoms with Gasteiger partial charge in [0.05, 0.1) is 0 Å². The van der Waals surface area contributed by atoms with Crippen LogP contribution in [0.15, 0.2) is 17.7 Å². The molecule has 0 saturated heterocycles. The van der Waals surface area contributed by atoms with Crippen LogP contribution in [0.25, 0.3) is 0 Å². The van der Waals surface area contributed by atoms with Crippen LogP contribution in [0.3, 0.4) is 0 Å². The SMILES string of the molecule is C[C@@H](/C=C/S(C)(=O)=O)NC(=O)c1cnc(C2CC2)nc1OC1CCC(F)(F)C1. The molecule has 0 spiro atoms. The standard InChI is InChI=1S/C18H23F2N3O4S/c1-11(6-8-28(2,25)26)22-16(24)14-10-21-15(12-3-4-12)23-17(14)27-13-5-7-18(19,20)9-13/h6,8,10-13H,3-5,7,9H2,1-2H3,(H,22,24)/b8-6+/t11-,13?/m0/s1. The minimum Gasteiger partial charge on any atom is -0.473 e. The summed E-state index contributed by atoms with van der Waals surface area (Å²) in [5.74, 6) is -2.59. The predicted molar refractivity (Wildman–Crippen MR) is 98.1 cm³/mol. The van der Waals surface area contributed by atoms with Gasteiger partial charge in [-0.2, -0.15) is 4.98 Å². The highest BCUT2D eigenvalue weighted by Crippen LogP contribution is 2.40. The summed E-state index contributed by atoms with van der Waals surface area (Å²) in [5, 5.41) is 3.62. The minimum absolute atomic E-state index is 0.00334. The van der Waals surface area contributed by atoms with Crippen LogP contribution in [0, 0.1) is 0 Å². The molecule has 2 saturated carbocycles. The number of amides is 1. The fourth-order valence-electron chi connectivity index (χ4n) is 2.92. The molecular weight excluding hydrogens is 392 g/mol. The lowest BCUT2D eigenvalue weighted by molar-refractivity contribution is -0.00144. The number of aromatic nitrogens is 2. The highest BCUT2D eigenvalue weighted by molar-refractivity contribution is 7.93. The van der Waals surface area contributed by atoms with Crippen molar-refractivity contribution in [3.8, 4) is 5.88 Å². The van der Waals surface area contributed by atoms with E-state index in [0.29, 0.717) is 5.82 Å². The van der Waals surface area contributed by atoms with Gasteiger partial charge in [0.15, 0.2) is 9.84 Å². The van der Waals surface area contributed by atoms with Crippen molar-refractivity contribution in [3.05, 3.63) is 29.1 Å². The monoisotopic (exact) mass is 415 g/mol. The first kappa shape index (κ1) is 20.6. The largest absolute Gasteiger partial charge is 0.473 e. The van der Waals surface area contributed by atoms with Gasteiger partial charge < -0.3 is 10.1 Å². The molecule has 10 heteroatoms. The lowest BCUT2D eigenvalue weighted by Gasteiger charge is -2.17. The van der Waals surface area contributed by atoms with Crippen LogP contribution in [0.4, 0.5) is 8.78 Å². The molecule has 0 aromatic carbocycles. The van der Waals surface area contributed by atoms with Crippen molar-refractivity contribution < 1.29 is 26.7 Å². The summed E-state index contributed by atoms with van der Waals surface area (Å²) in [7, 11) is -3.32. The number of alkyl halides is 2. The quantitative estimate of drug-likeness (QED) is 0.735. The summed E-state index contributed by atoms with van der Waals surface area (Å²) in [6, 6.07) is -0.575. The van der Waals surface area contributed by atoms with Gasteiger partial charge in [-0.25, -0.2) is 22.2 Å². The molecule has 2 atom stereocenters. The van der Waals surface area contributed by atoms with Crippen LogP contribution in [0.2, 0.25) is 0 Å². The maximum Gasteiger partial charge on any atom is 0.258 e. The molecule has 2 aliphatic rings. The molecule has 1 aromatic heterocycles. The van der Waals surface area contributed by atoms with Crippen LogP contribution in [-0.4, -0.2) is 48.6 Å². The molecule has 28 heavy (non-hydrogen) atoms. The first-order valence-electron chi connectivity index (χ1n) is 9.13. The second-order valence-electron chi connectivity index (χ2n) is 7.48. The van der Waals surface area contributed by atoms with Gasteiger partial charge in [0.2, 0.25) is 5.88 Å². The van der Waals surface area contributed by atoms with Crippen molar-refractivity contribution in [1.29, 1.82) is 0 Å². The highest BCUT2D eigenvalue weighted by Gasteiger charge is 2.41. The third-order valence-corrected chi connectivity index (χ3v) is 5.22. The van der Waals surface area contributed by atoms with Crippen LogP contribution in [-0.2, 0) is 9.84 Å². The molecule has 1 aromatic rings. The van der Waals surface area contributed by atoms with Crippen LogP contribution >= 0.6 is 0 Å². The first-order chi connectivity index (χ1) is 13.0. The average Bonchev–Trinajstić information content (AvgIpc) is 3.37. The van der Waals surface area contributed by atoms with E-state index in [2.05, 4.69) is 15.3 Å². The number of halogens is 2. The maximum absolute atomic E-state index is 13.5. The molecule has 1 N–H and O–H groups in total. The summed E-state index contributed by atoms with van der Waals surface area (Å²) in [4.78, 5) is 21.1. The molecule has 2 aliphatic carbocycles. The van der Waals surface area contributed by atoms with E-state index in [1.165, 1.54) is 12.3 Å². The van der Waals surface area contributed by atoms with E-state index in [1.54, 1.807) is 6.92 Å². The van der Waals surface area contributed by atoms with Crippen molar-refractivity contribution in [2.45, 2.75) is 63.0 Å². The van der Waals surface area contributed by atoms with E-state index >= 15 is 0 Å². The van der Waals surface area contributed by atoms with Crippen molar-refractivity contribution in [2.24, 2.45) is 0 Å². The van der Waals surface area contributed by atoms with Crippen LogP contribution < -0.4 is 10.1 Å². The summed E-state index contributed by atoms with van der Waals surface area (Å²) < 4.78 is 55.0. The molecule has 0 aliphatic heterocycles. The topological polar surface area (TPSA) is 98.2 Å². The highest BCUT2D eigenvalue weighted by atomic mass is 32.2. The Morgan fingerprint density at radius 3 is 2.68 bits per heavy atom. The third-order valence-electron chi connectivity index (χ3n) is 4.57.